The lowest BCUT2D eigenvalue weighted by atomic mass is 9.95. The van der Waals surface area contributed by atoms with Crippen LogP contribution in [-0.2, 0) is 16.0 Å². The molecule has 1 aliphatic heterocycles. The van der Waals surface area contributed by atoms with Gasteiger partial charge in [0.1, 0.15) is 0 Å². The molecule has 26 heavy (non-hydrogen) atoms. The van der Waals surface area contributed by atoms with Gasteiger partial charge in [-0.2, -0.15) is 0 Å². The van der Waals surface area contributed by atoms with E-state index >= 15 is 0 Å². The number of aromatic carboxylic acids is 1. The van der Waals surface area contributed by atoms with Crippen molar-refractivity contribution in [2.24, 2.45) is 5.92 Å². The molecular formula is C20H28N2O4. The molecule has 1 aliphatic rings. The van der Waals surface area contributed by atoms with Gasteiger partial charge in [-0.3, -0.25) is 9.59 Å². The summed E-state index contributed by atoms with van der Waals surface area (Å²) in [5, 5.41) is 12.2. The summed E-state index contributed by atoms with van der Waals surface area (Å²) in [5.41, 5.74) is 0.932. The summed E-state index contributed by atoms with van der Waals surface area (Å²) >= 11 is 0. The second-order valence-corrected chi connectivity index (χ2v) is 6.76. The minimum absolute atomic E-state index is 0.0105. The Kier molecular flexibility index (Phi) is 7.63. The lowest BCUT2D eigenvalue weighted by Gasteiger charge is -2.31. The van der Waals surface area contributed by atoms with E-state index < -0.39 is 5.97 Å². The zero-order chi connectivity index (χ0) is 18.9. The Hall–Kier alpha value is -2.37. The van der Waals surface area contributed by atoms with Crippen LogP contribution in [0, 0.1) is 5.92 Å². The van der Waals surface area contributed by atoms with Gasteiger partial charge >= 0.3 is 5.97 Å². The van der Waals surface area contributed by atoms with Crippen LogP contribution >= 0.6 is 0 Å². The summed E-state index contributed by atoms with van der Waals surface area (Å²) in [6.45, 7) is 3.99. The molecule has 142 valence electrons. The Bertz CT molecular complexity index is 636. The van der Waals surface area contributed by atoms with E-state index in [1.807, 2.05) is 0 Å². The number of aryl methyl sites for hydroxylation is 1. The largest absolute Gasteiger partial charge is 0.478 e. The fourth-order valence-corrected chi connectivity index (χ4v) is 3.27. The minimum Gasteiger partial charge on any atom is -0.478 e. The van der Waals surface area contributed by atoms with Gasteiger partial charge in [0.05, 0.1) is 5.56 Å². The third kappa shape index (κ3) is 5.58. The number of piperidine rings is 1. The van der Waals surface area contributed by atoms with E-state index in [-0.39, 0.29) is 29.7 Å². The highest BCUT2D eigenvalue weighted by atomic mass is 16.4. The van der Waals surface area contributed by atoms with Gasteiger partial charge in [0.2, 0.25) is 11.8 Å². The van der Waals surface area contributed by atoms with Crippen molar-refractivity contribution in [3.05, 3.63) is 35.4 Å². The Balaban J connectivity index is 1.78. The molecule has 1 aromatic rings. The van der Waals surface area contributed by atoms with Crippen LogP contribution in [0.5, 0.6) is 0 Å². The molecule has 0 bridgehead atoms. The molecule has 0 saturated carbocycles. The number of carbonyl (C=O) groups is 3. The van der Waals surface area contributed by atoms with Crippen molar-refractivity contribution in [2.75, 3.05) is 19.6 Å². The lowest BCUT2D eigenvalue weighted by Crippen LogP contribution is -2.43. The molecule has 0 radical (unpaired) electrons. The molecule has 2 N–H and O–H groups in total. The first-order valence-electron chi connectivity index (χ1n) is 9.39. The highest BCUT2D eigenvalue weighted by Crippen LogP contribution is 2.19. The summed E-state index contributed by atoms with van der Waals surface area (Å²) < 4.78 is 0. The molecule has 1 saturated heterocycles. The standard InChI is InChI=1S/C20H28N2O4/c1-2-3-12-21-19(24)16-10-13-22(14-11-16)18(23)9-8-15-6-4-5-7-17(15)20(25)26/h4-7,16H,2-3,8-14H2,1H3,(H,21,24)(H,25,26). The highest BCUT2D eigenvalue weighted by Gasteiger charge is 2.27. The number of hydrogen-bond acceptors (Lipinski definition) is 3. The number of benzene rings is 1. The predicted octanol–water partition coefficient (Wildman–Crippen LogP) is 2.47. The number of likely N-dealkylation sites (tertiary alicyclic amines) is 1. The second-order valence-electron chi connectivity index (χ2n) is 6.76. The molecule has 2 rings (SSSR count). The predicted molar refractivity (Wildman–Crippen MR) is 98.9 cm³/mol. The Morgan fingerprint density at radius 2 is 1.88 bits per heavy atom. The molecule has 6 heteroatoms. The van der Waals surface area contributed by atoms with Gasteiger partial charge in [0.25, 0.3) is 0 Å². The van der Waals surface area contributed by atoms with E-state index in [9.17, 15) is 19.5 Å². The van der Waals surface area contributed by atoms with Crippen LogP contribution in [0.4, 0.5) is 0 Å². The quantitative estimate of drug-likeness (QED) is 0.697. The van der Waals surface area contributed by atoms with Gasteiger partial charge in [-0.15, -0.1) is 0 Å². The molecule has 1 aromatic carbocycles. The number of unbranched alkanes of at least 4 members (excludes halogenated alkanes) is 1. The van der Waals surface area contributed by atoms with Crippen molar-refractivity contribution < 1.29 is 19.5 Å². The van der Waals surface area contributed by atoms with Crippen LogP contribution in [0.15, 0.2) is 24.3 Å². The van der Waals surface area contributed by atoms with E-state index in [1.165, 1.54) is 0 Å². The van der Waals surface area contributed by atoms with Gasteiger partial charge in [0, 0.05) is 32.0 Å². The number of rotatable bonds is 8. The molecule has 1 heterocycles. The maximum absolute atomic E-state index is 12.4. The van der Waals surface area contributed by atoms with Crippen LogP contribution in [0.3, 0.4) is 0 Å². The maximum atomic E-state index is 12.4. The van der Waals surface area contributed by atoms with Crippen molar-refractivity contribution in [1.29, 1.82) is 0 Å². The number of carboxylic acids is 1. The number of hydrogen-bond donors (Lipinski definition) is 2. The van der Waals surface area contributed by atoms with E-state index in [0.29, 0.717) is 37.9 Å². The average molecular weight is 360 g/mol. The van der Waals surface area contributed by atoms with Gasteiger partial charge < -0.3 is 15.3 Å². The molecule has 6 nitrogen and oxygen atoms in total. The highest BCUT2D eigenvalue weighted by molar-refractivity contribution is 5.89. The zero-order valence-corrected chi connectivity index (χ0v) is 15.4. The summed E-state index contributed by atoms with van der Waals surface area (Å²) in [6, 6.07) is 6.79. The first kappa shape index (κ1) is 19.9. The molecule has 0 spiro atoms. The van der Waals surface area contributed by atoms with Crippen molar-refractivity contribution in [3.63, 3.8) is 0 Å². The lowest BCUT2D eigenvalue weighted by molar-refractivity contribution is -0.135. The average Bonchev–Trinajstić information content (AvgIpc) is 2.66. The first-order chi connectivity index (χ1) is 12.5. The van der Waals surface area contributed by atoms with Crippen LogP contribution in [-0.4, -0.2) is 47.4 Å². The molecule has 0 unspecified atom stereocenters. The van der Waals surface area contributed by atoms with Crippen LogP contribution in [0.25, 0.3) is 0 Å². The third-order valence-electron chi connectivity index (χ3n) is 4.90. The summed E-state index contributed by atoms with van der Waals surface area (Å²) in [7, 11) is 0. The van der Waals surface area contributed by atoms with E-state index in [0.717, 1.165) is 19.4 Å². The zero-order valence-electron chi connectivity index (χ0n) is 15.4. The third-order valence-corrected chi connectivity index (χ3v) is 4.90. The Morgan fingerprint density at radius 3 is 2.54 bits per heavy atom. The summed E-state index contributed by atoms with van der Waals surface area (Å²) in [6.07, 6.45) is 4.13. The van der Waals surface area contributed by atoms with Crippen LogP contribution in [0.2, 0.25) is 0 Å². The fourth-order valence-electron chi connectivity index (χ4n) is 3.27. The van der Waals surface area contributed by atoms with E-state index in [4.69, 9.17) is 0 Å². The number of carbonyl (C=O) groups excluding carboxylic acids is 2. The van der Waals surface area contributed by atoms with Crippen molar-refractivity contribution >= 4 is 17.8 Å². The summed E-state index contributed by atoms with van der Waals surface area (Å²) in [5.74, 6) is -0.859. The van der Waals surface area contributed by atoms with E-state index in [2.05, 4.69) is 12.2 Å². The van der Waals surface area contributed by atoms with Gasteiger partial charge in [0.15, 0.2) is 0 Å². The molecule has 0 aliphatic carbocycles. The van der Waals surface area contributed by atoms with Crippen LogP contribution in [0.1, 0.15) is 54.9 Å². The molecular weight excluding hydrogens is 332 g/mol. The van der Waals surface area contributed by atoms with E-state index in [1.54, 1.807) is 29.2 Å². The number of nitrogens with zero attached hydrogens (tertiary/aromatic N) is 1. The topological polar surface area (TPSA) is 86.7 Å². The van der Waals surface area contributed by atoms with Gasteiger partial charge in [-0.1, -0.05) is 31.5 Å². The Morgan fingerprint density at radius 1 is 1.19 bits per heavy atom. The number of carboxylic acid groups (broad SMARTS) is 1. The number of amides is 2. The maximum Gasteiger partial charge on any atom is 0.335 e. The van der Waals surface area contributed by atoms with Crippen LogP contribution < -0.4 is 5.32 Å². The Labute approximate surface area is 154 Å². The fraction of sp³-hybridized carbons (Fsp3) is 0.550. The molecule has 0 aromatic heterocycles. The number of nitrogens with one attached hydrogen (secondary N) is 1. The first-order valence-corrected chi connectivity index (χ1v) is 9.39. The van der Waals surface area contributed by atoms with Crippen molar-refractivity contribution in [2.45, 2.75) is 45.4 Å². The monoisotopic (exact) mass is 360 g/mol. The summed E-state index contributed by atoms with van der Waals surface area (Å²) in [4.78, 5) is 37.5. The minimum atomic E-state index is -0.969. The van der Waals surface area contributed by atoms with Crippen molar-refractivity contribution in [3.8, 4) is 0 Å². The molecule has 0 atom stereocenters. The van der Waals surface area contributed by atoms with Gasteiger partial charge in [-0.05, 0) is 37.3 Å². The SMILES string of the molecule is CCCCNC(=O)C1CCN(C(=O)CCc2ccccc2C(=O)O)CC1. The smallest absolute Gasteiger partial charge is 0.335 e. The second kappa shape index (κ2) is 9.94. The molecule has 2 amide bonds. The molecule has 1 fully saturated rings. The normalized spacial score (nSPS) is 14.9. The van der Waals surface area contributed by atoms with Crippen molar-refractivity contribution in [1.82, 2.24) is 10.2 Å². The van der Waals surface area contributed by atoms with Gasteiger partial charge in [-0.25, -0.2) is 4.79 Å².